The largest absolute Gasteiger partial charge is 0.492 e. The highest BCUT2D eigenvalue weighted by Gasteiger charge is 2.11. The van der Waals surface area contributed by atoms with Crippen molar-refractivity contribution in [2.45, 2.75) is 25.9 Å². The van der Waals surface area contributed by atoms with Crippen molar-refractivity contribution in [3.8, 4) is 5.75 Å². The number of hydrogen-bond acceptors (Lipinski definition) is 4. The molecule has 0 atom stereocenters. The third kappa shape index (κ3) is 5.40. The molecule has 1 aliphatic rings. The second-order valence-corrected chi connectivity index (χ2v) is 5.39. The number of anilines is 1. The van der Waals surface area contributed by atoms with Crippen LogP contribution in [0.5, 0.6) is 5.75 Å². The third-order valence-corrected chi connectivity index (χ3v) is 3.67. The fourth-order valence-corrected chi connectivity index (χ4v) is 2.49. The molecule has 1 heterocycles. The molecule has 1 aromatic carbocycles. The molecular formula is C17H26N2O2. The van der Waals surface area contributed by atoms with Crippen LogP contribution in [-0.2, 0) is 11.3 Å². The van der Waals surface area contributed by atoms with E-state index in [9.17, 15) is 0 Å². The summed E-state index contributed by atoms with van der Waals surface area (Å²) in [5, 5.41) is 0. The molecule has 1 aliphatic heterocycles. The minimum Gasteiger partial charge on any atom is -0.492 e. The summed E-state index contributed by atoms with van der Waals surface area (Å²) in [7, 11) is 0. The quantitative estimate of drug-likeness (QED) is 0.431. The highest BCUT2D eigenvalue weighted by Crippen LogP contribution is 2.22. The molecule has 0 aliphatic carbocycles. The Morgan fingerprint density at radius 3 is 2.81 bits per heavy atom. The SMILES string of the molecule is C=CCCOCc1cc(N)ccc1OCCN1CCCC1. The number of nitrogens with two attached hydrogens (primary N) is 1. The van der Waals surface area contributed by atoms with E-state index in [0.29, 0.717) is 19.8 Å². The van der Waals surface area contributed by atoms with Gasteiger partial charge < -0.3 is 15.2 Å². The highest BCUT2D eigenvalue weighted by molar-refractivity contribution is 5.47. The smallest absolute Gasteiger partial charge is 0.125 e. The highest BCUT2D eigenvalue weighted by atomic mass is 16.5. The van der Waals surface area contributed by atoms with Crippen LogP contribution in [0.2, 0.25) is 0 Å². The Hall–Kier alpha value is -1.52. The van der Waals surface area contributed by atoms with Crippen molar-refractivity contribution in [1.82, 2.24) is 4.90 Å². The van der Waals surface area contributed by atoms with Crippen LogP contribution >= 0.6 is 0 Å². The first-order valence-electron chi connectivity index (χ1n) is 7.72. The van der Waals surface area contributed by atoms with Gasteiger partial charge >= 0.3 is 0 Å². The normalized spacial score (nSPS) is 15.2. The van der Waals surface area contributed by atoms with Gasteiger partial charge in [-0.1, -0.05) is 6.08 Å². The summed E-state index contributed by atoms with van der Waals surface area (Å²) in [5.41, 5.74) is 7.60. The molecule has 21 heavy (non-hydrogen) atoms. The number of nitrogens with zero attached hydrogens (tertiary/aromatic N) is 1. The van der Waals surface area contributed by atoms with Crippen LogP contribution in [-0.4, -0.2) is 37.7 Å². The zero-order chi connectivity index (χ0) is 14.9. The Labute approximate surface area is 127 Å². The first-order valence-corrected chi connectivity index (χ1v) is 7.72. The molecule has 116 valence electrons. The first-order chi connectivity index (χ1) is 10.3. The average molecular weight is 290 g/mol. The van der Waals surface area contributed by atoms with Gasteiger partial charge in [0.1, 0.15) is 12.4 Å². The van der Waals surface area contributed by atoms with E-state index in [-0.39, 0.29) is 0 Å². The van der Waals surface area contributed by atoms with Crippen molar-refractivity contribution in [3.63, 3.8) is 0 Å². The molecular weight excluding hydrogens is 264 g/mol. The summed E-state index contributed by atoms with van der Waals surface area (Å²) in [6, 6.07) is 5.74. The molecule has 0 spiro atoms. The average Bonchev–Trinajstić information content (AvgIpc) is 2.99. The van der Waals surface area contributed by atoms with Crippen LogP contribution in [0.4, 0.5) is 5.69 Å². The fraction of sp³-hybridized carbons (Fsp3) is 0.529. The summed E-state index contributed by atoms with van der Waals surface area (Å²) in [5.74, 6) is 0.877. The number of nitrogen functional groups attached to an aromatic ring is 1. The lowest BCUT2D eigenvalue weighted by molar-refractivity contribution is 0.122. The van der Waals surface area contributed by atoms with Gasteiger partial charge in [-0.15, -0.1) is 6.58 Å². The van der Waals surface area contributed by atoms with E-state index in [2.05, 4.69) is 11.5 Å². The van der Waals surface area contributed by atoms with E-state index in [1.54, 1.807) is 0 Å². The molecule has 0 amide bonds. The molecule has 0 saturated carbocycles. The lowest BCUT2D eigenvalue weighted by atomic mass is 10.2. The Morgan fingerprint density at radius 2 is 2.05 bits per heavy atom. The van der Waals surface area contributed by atoms with Gasteiger partial charge in [0, 0.05) is 17.8 Å². The van der Waals surface area contributed by atoms with E-state index in [0.717, 1.165) is 30.0 Å². The topological polar surface area (TPSA) is 47.7 Å². The molecule has 1 fully saturated rings. The van der Waals surface area contributed by atoms with Crippen molar-refractivity contribution < 1.29 is 9.47 Å². The summed E-state index contributed by atoms with van der Waals surface area (Å²) < 4.78 is 11.5. The van der Waals surface area contributed by atoms with Gasteiger partial charge in [-0.2, -0.15) is 0 Å². The summed E-state index contributed by atoms with van der Waals surface area (Å²) in [4.78, 5) is 2.44. The lowest BCUT2D eigenvalue weighted by Gasteiger charge is -2.17. The standard InChI is InChI=1S/C17H26N2O2/c1-2-3-11-20-14-15-13-16(18)6-7-17(15)21-12-10-19-8-4-5-9-19/h2,6-7,13H,1,3-5,8-12,14,18H2. The van der Waals surface area contributed by atoms with E-state index in [4.69, 9.17) is 15.2 Å². The molecule has 1 aromatic rings. The third-order valence-electron chi connectivity index (χ3n) is 3.67. The second kappa shape index (κ2) is 8.70. The zero-order valence-corrected chi connectivity index (χ0v) is 12.7. The van der Waals surface area contributed by atoms with Crippen LogP contribution < -0.4 is 10.5 Å². The fourth-order valence-electron chi connectivity index (χ4n) is 2.49. The van der Waals surface area contributed by atoms with E-state index in [1.807, 2.05) is 24.3 Å². The molecule has 0 radical (unpaired) electrons. The number of rotatable bonds is 9. The number of likely N-dealkylation sites (tertiary alicyclic amines) is 1. The molecule has 1 saturated heterocycles. The van der Waals surface area contributed by atoms with Crippen molar-refractivity contribution in [1.29, 1.82) is 0 Å². The zero-order valence-electron chi connectivity index (χ0n) is 12.7. The summed E-state index contributed by atoms with van der Waals surface area (Å²) in [6.07, 6.45) is 5.33. The molecule has 2 rings (SSSR count). The summed E-state index contributed by atoms with van der Waals surface area (Å²) in [6.45, 7) is 8.98. The van der Waals surface area contributed by atoms with Crippen LogP contribution in [0, 0.1) is 0 Å². The van der Waals surface area contributed by atoms with Gasteiger partial charge in [0.2, 0.25) is 0 Å². The van der Waals surface area contributed by atoms with Gasteiger partial charge in [-0.3, -0.25) is 4.90 Å². The molecule has 0 aromatic heterocycles. The number of ether oxygens (including phenoxy) is 2. The first kappa shape index (κ1) is 15.9. The van der Waals surface area contributed by atoms with Gasteiger partial charge in [0.15, 0.2) is 0 Å². The molecule has 2 N–H and O–H groups in total. The number of benzene rings is 1. The van der Waals surface area contributed by atoms with Crippen LogP contribution in [0.1, 0.15) is 24.8 Å². The van der Waals surface area contributed by atoms with Gasteiger partial charge in [-0.25, -0.2) is 0 Å². The van der Waals surface area contributed by atoms with Crippen LogP contribution in [0.3, 0.4) is 0 Å². The lowest BCUT2D eigenvalue weighted by Crippen LogP contribution is -2.25. The monoisotopic (exact) mass is 290 g/mol. The Balaban J connectivity index is 1.83. The molecule has 4 heteroatoms. The Morgan fingerprint density at radius 1 is 1.24 bits per heavy atom. The van der Waals surface area contributed by atoms with Gasteiger partial charge in [0.25, 0.3) is 0 Å². The molecule has 0 bridgehead atoms. The predicted octanol–water partition coefficient (Wildman–Crippen LogP) is 2.84. The molecule has 0 unspecified atom stereocenters. The van der Waals surface area contributed by atoms with Gasteiger partial charge in [-0.05, 0) is 50.6 Å². The predicted molar refractivity (Wildman–Crippen MR) is 86.5 cm³/mol. The van der Waals surface area contributed by atoms with E-state index >= 15 is 0 Å². The minimum absolute atomic E-state index is 0.526. The second-order valence-electron chi connectivity index (χ2n) is 5.39. The van der Waals surface area contributed by atoms with Crippen molar-refractivity contribution in [3.05, 3.63) is 36.4 Å². The van der Waals surface area contributed by atoms with E-state index in [1.165, 1.54) is 25.9 Å². The van der Waals surface area contributed by atoms with Crippen molar-refractivity contribution in [2.24, 2.45) is 0 Å². The molecule has 4 nitrogen and oxygen atoms in total. The minimum atomic E-state index is 0.526. The Kier molecular flexibility index (Phi) is 6.57. The van der Waals surface area contributed by atoms with Crippen LogP contribution in [0.25, 0.3) is 0 Å². The van der Waals surface area contributed by atoms with Crippen LogP contribution in [0.15, 0.2) is 30.9 Å². The number of hydrogen-bond donors (Lipinski definition) is 1. The maximum atomic E-state index is 5.91. The van der Waals surface area contributed by atoms with Crippen molar-refractivity contribution >= 4 is 5.69 Å². The Bertz CT molecular complexity index is 442. The van der Waals surface area contributed by atoms with Gasteiger partial charge in [0.05, 0.1) is 13.2 Å². The van der Waals surface area contributed by atoms with Crippen molar-refractivity contribution in [2.75, 3.05) is 38.6 Å². The van der Waals surface area contributed by atoms with E-state index < -0.39 is 0 Å². The maximum absolute atomic E-state index is 5.91. The maximum Gasteiger partial charge on any atom is 0.125 e. The summed E-state index contributed by atoms with van der Waals surface area (Å²) >= 11 is 0.